The van der Waals surface area contributed by atoms with E-state index in [9.17, 15) is 0 Å². The lowest BCUT2D eigenvalue weighted by molar-refractivity contribution is -0.260. The first kappa shape index (κ1) is 8.97. The summed E-state index contributed by atoms with van der Waals surface area (Å²) in [4.78, 5) is 0. The average Bonchev–Trinajstić information content (AvgIpc) is 1.85. The van der Waals surface area contributed by atoms with Crippen LogP contribution in [0.5, 0.6) is 0 Å². The molecule has 0 aromatic rings. The highest BCUT2D eigenvalue weighted by atomic mass is 16.7. The number of rotatable bonds is 2. The van der Waals surface area contributed by atoms with Gasteiger partial charge in [-0.3, -0.25) is 0 Å². The van der Waals surface area contributed by atoms with Crippen LogP contribution in [0.1, 0.15) is 26.7 Å². The maximum atomic E-state index is 5.65. The van der Waals surface area contributed by atoms with Gasteiger partial charge in [0.05, 0.1) is 13.2 Å². The number of hydrogen-bond donors (Lipinski definition) is 1. The molecule has 3 heteroatoms. The van der Waals surface area contributed by atoms with Crippen molar-refractivity contribution in [1.82, 2.24) is 0 Å². The van der Waals surface area contributed by atoms with Crippen LogP contribution in [0.2, 0.25) is 0 Å². The second-order valence-corrected chi connectivity index (χ2v) is 3.37. The molecule has 0 radical (unpaired) electrons. The highest BCUT2D eigenvalue weighted by Crippen LogP contribution is 2.22. The van der Waals surface area contributed by atoms with Crippen LogP contribution in [0.4, 0.5) is 0 Å². The van der Waals surface area contributed by atoms with Crippen LogP contribution in [-0.4, -0.2) is 25.0 Å². The summed E-state index contributed by atoms with van der Waals surface area (Å²) in [5, 5.41) is 0. The molecule has 1 fully saturated rings. The highest BCUT2D eigenvalue weighted by molar-refractivity contribution is 4.71. The fourth-order valence-electron chi connectivity index (χ4n) is 1.38. The average molecular weight is 159 g/mol. The lowest BCUT2D eigenvalue weighted by atomic mass is 10.1. The second-order valence-electron chi connectivity index (χ2n) is 3.37. The maximum Gasteiger partial charge on any atom is 0.166 e. The van der Waals surface area contributed by atoms with Crippen LogP contribution in [0.25, 0.3) is 0 Å². The summed E-state index contributed by atoms with van der Waals surface area (Å²) in [6.07, 6.45) is 1.77. The van der Waals surface area contributed by atoms with Gasteiger partial charge in [-0.05, 0) is 20.3 Å². The summed E-state index contributed by atoms with van der Waals surface area (Å²) in [5.74, 6) is -0.424. The summed E-state index contributed by atoms with van der Waals surface area (Å²) in [7, 11) is 0. The molecule has 2 N–H and O–H groups in total. The first-order valence-corrected chi connectivity index (χ1v) is 4.16. The molecule has 0 spiro atoms. The predicted octanol–water partition coefficient (Wildman–Crippen LogP) is 0.877. The number of hydrogen-bond acceptors (Lipinski definition) is 3. The van der Waals surface area contributed by atoms with E-state index in [1.54, 1.807) is 0 Å². The molecule has 0 aromatic carbocycles. The number of ether oxygens (including phenoxy) is 2. The molecule has 66 valence electrons. The summed E-state index contributed by atoms with van der Waals surface area (Å²) >= 11 is 0. The second kappa shape index (κ2) is 3.52. The van der Waals surface area contributed by atoms with E-state index in [4.69, 9.17) is 15.2 Å². The monoisotopic (exact) mass is 159 g/mol. The highest BCUT2D eigenvalue weighted by Gasteiger charge is 2.29. The Morgan fingerprint density at radius 3 is 2.45 bits per heavy atom. The third-order valence-corrected chi connectivity index (χ3v) is 1.80. The van der Waals surface area contributed by atoms with Gasteiger partial charge in [0.25, 0.3) is 0 Å². The third kappa shape index (κ3) is 2.77. The lowest BCUT2D eigenvalue weighted by Crippen LogP contribution is -2.41. The van der Waals surface area contributed by atoms with Crippen molar-refractivity contribution in [1.29, 1.82) is 0 Å². The molecule has 0 bridgehead atoms. The van der Waals surface area contributed by atoms with Crippen molar-refractivity contribution in [2.45, 2.75) is 38.5 Å². The first-order valence-electron chi connectivity index (χ1n) is 4.16. The van der Waals surface area contributed by atoms with E-state index in [-0.39, 0.29) is 6.04 Å². The van der Waals surface area contributed by atoms with Crippen LogP contribution in [0.3, 0.4) is 0 Å². The fraction of sp³-hybridized carbons (Fsp3) is 1.00. The molecule has 1 heterocycles. The largest absolute Gasteiger partial charge is 0.350 e. The molecule has 3 nitrogen and oxygen atoms in total. The van der Waals surface area contributed by atoms with Crippen molar-refractivity contribution in [2.24, 2.45) is 5.73 Å². The lowest BCUT2D eigenvalue weighted by Gasteiger charge is -2.35. The van der Waals surface area contributed by atoms with E-state index in [1.165, 1.54) is 0 Å². The molecule has 1 atom stereocenters. The van der Waals surface area contributed by atoms with Crippen molar-refractivity contribution in [3.05, 3.63) is 0 Å². The standard InChI is InChI=1S/C8H17NO2/c1-7(9)6-8(2)10-4-3-5-11-8/h7H,3-6,9H2,1-2H3. The Morgan fingerprint density at radius 2 is 2.00 bits per heavy atom. The van der Waals surface area contributed by atoms with Gasteiger partial charge in [-0.1, -0.05) is 0 Å². The van der Waals surface area contributed by atoms with Gasteiger partial charge < -0.3 is 15.2 Å². The van der Waals surface area contributed by atoms with E-state index >= 15 is 0 Å². The molecule has 0 aromatic heterocycles. The van der Waals surface area contributed by atoms with Gasteiger partial charge in [-0.25, -0.2) is 0 Å². The SMILES string of the molecule is CC(N)CC1(C)OCCCO1. The minimum Gasteiger partial charge on any atom is -0.350 e. The van der Waals surface area contributed by atoms with Crippen molar-refractivity contribution < 1.29 is 9.47 Å². The van der Waals surface area contributed by atoms with Gasteiger partial charge >= 0.3 is 0 Å². The Bertz CT molecular complexity index is 119. The Hall–Kier alpha value is -0.120. The normalized spacial score (nSPS) is 26.5. The zero-order valence-corrected chi connectivity index (χ0v) is 7.30. The smallest absolute Gasteiger partial charge is 0.166 e. The van der Waals surface area contributed by atoms with Crippen LogP contribution in [-0.2, 0) is 9.47 Å². The van der Waals surface area contributed by atoms with Gasteiger partial charge in [0.15, 0.2) is 5.79 Å². The van der Waals surface area contributed by atoms with Crippen LogP contribution in [0.15, 0.2) is 0 Å². The Kier molecular flexibility index (Phi) is 2.87. The molecule has 0 saturated carbocycles. The number of nitrogens with two attached hydrogens (primary N) is 1. The van der Waals surface area contributed by atoms with Crippen molar-refractivity contribution in [3.8, 4) is 0 Å². The minimum atomic E-state index is -0.424. The van der Waals surface area contributed by atoms with E-state index in [0.29, 0.717) is 0 Å². The molecule has 11 heavy (non-hydrogen) atoms. The maximum absolute atomic E-state index is 5.65. The molecule has 1 aliphatic rings. The van der Waals surface area contributed by atoms with Crippen molar-refractivity contribution >= 4 is 0 Å². The summed E-state index contributed by atoms with van der Waals surface area (Å²) in [6.45, 7) is 5.51. The summed E-state index contributed by atoms with van der Waals surface area (Å²) < 4.78 is 10.9. The van der Waals surface area contributed by atoms with Gasteiger partial charge in [0, 0.05) is 12.5 Å². The molecule has 1 saturated heterocycles. The molecule has 0 aliphatic carbocycles. The van der Waals surface area contributed by atoms with Crippen LogP contribution < -0.4 is 5.73 Å². The first-order chi connectivity index (χ1) is 5.12. The topological polar surface area (TPSA) is 44.5 Å². The Morgan fingerprint density at radius 1 is 1.45 bits per heavy atom. The predicted molar refractivity (Wildman–Crippen MR) is 43.2 cm³/mol. The zero-order chi connectivity index (χ0) is 8.32. The van der Waals surface area contributed by atoms with Gasteiger partial charge in [0.2, 0.25) is 0 Å². The van der Waals surface area contributed by atoms with Gasteiger partial charge in [-0.2, -0.15) is 0 Å². The van der Waals surface area contributed by atoms with Crippen LogP contribution >= 0.6 is 0 Å². The molecule has 1 rings (SSSR count). The molecule has 1 aliphatic heterocycles. The molecular weight excluding hydrogens is 142 g/mol. The third-order valence-electron chi connectivity index (χ3n) is 1.80. The van der Waals surface area contributed by atoms with Crippen molar-refractivity contribution in [3.63, 3.8) is 0 Å². The van der Waals surface area contributed by atoms with E-state index in [2.05, 4.69) is 0 Å². The Balaban J connectivity index is 2.37. The molecule has 0 amide bonds. The van der Waals surface area contributed by atoms with E-state index < -0.39 is 5.79 Å². The van der Waals surface area contributed by atoms with Crippen LogP contribution in [0, 0.1) is 0 Å². The Labute approximate surface area is 67.9 Å². The van der Waals surface area contributed by atoms with Gasteiger partial charge in [-0.15, -0.1) is 0 Å². The zero-order valence-electron chi connectivity index (χ0n) is 7.30. The van der Waals surface area contributed by atoms with E-state index in [1.807, 2.05) is 13.8 Å². The minimum absolute atomic E-state index is 0.137. The summed E-state index contributed by atoms with van der Waals surface area (Å²) in [6, 6.07) is 0.137. The van der Waals surface area contributed by atoms with Gasteiger partial charge in [0.1, 0.15) is 0 Å². The fourth-order valence-corrected chi connectivity index (χ4v) is 1.38. The van der Waals surface area contributed by atoms with E-state index in [0.717, 1.165) is 26.1 Å². The molecule has 1 unspecified atom stereocenters. The quantitative estimate of drug-likeness (QED) is 0.650. The van der Waals surface area contributed by atoms with Crippen molar-refractivity contribution in [2.75, 3.05) is 13.2 Å². The summed E-state index contributed by atoms with van der Waals surface area (Å²) in [5.41, 5.74) is 5.65. The molecular formula is C8H17NO2.